The van der Waals surface area contributed by atoms with E-state index in [1.54, 1.807) is 26.8 Å². The van der Waals surface area contributed by atoms with Gasteiger partial charge in [0, 0.05) is 0 Å². The van der Waals surface area contributed by atoms with E-state index in [4.69, 9.17) is 35.9 Å². The van der Waals surface area contributed by atoms with Crippen LogP contribution >= 0.6 is 24.4 Å². The first-order valence-corrected chi connectivity index (χ1v) is 7.66. The number of hydrogen-bond acceptors (Lipinski definition) is 7. The van der Waals surface area contributed by atoms with Crippen LogP contribution in [0.15, 0.2) is 0 Å². The number of nitro groups is 2. The van der Waals surface area contributed by atoms with E-state index in [-0.39, 0.29) is 23.1 Å². The largest absolute Gasteiger partial charge is 0.389 e. The summed E-state index contributed by atoms with van der Waals surface area (Å²) in [5, 5.41) is 32.7. The molecule has 9 nitrogen and oxygen atoms in total. The maximum atomic E-state index is 11.7. The molecule has 0 radical (unpaired) electrons. The second-order valence-corrected chi connectivity index (χ2v) is 7.27. The van der Waals surface area contributed by atoms with Crippen molar-refractivity contribution < 1.29 is 9.85 Å². The maximum Gasteiger partial charge on any atom is 0.291 e. The summed E-state index contributed by atoms with van der Waals surface area (Å²) in [5.74, 6) is 0. The van der Waals surface area contributed by atoms with Gasteiger partial charge in [0.2, 0.25) is 0 Å². The van der Waals surface area contributed by atoms with Crippen LogP contribution in [0.5, 0.6) is 0 Å². The SMILES string of the molecule is CC(C)(C)Cc1c([N+](=O)[O-])c(C(N)=S)c(C#N)c(C(N)=S)c1[N+](=O)[O-]. The molecule has 0 saturated heterocycles. The van der Waals surface area contributed by atoms with E-state index < -0.39 is 42.2 Å². The van der Waals surface area contributed by atoms with Gasteiger partial charge >= 0.3 is 0 Å². The summed E-state index contributed by atoms with van der Waals surface area (Å²) in [6.07, 6.45) is -0.0451. The van der Waals surface area contributed by atoms with Gasteiger partial charge in [-0.2, -0.15) is 5.26 Å². The molecule has 1 aromatic carbocycles. The third-order valence-electron chi connectivity index (χ3n) is 3.22. The van der Waals surface area contributed by atoms with E-state index in [0.29, 0.717) is 0 Å². The number of thiocarbonyl (C=S) groups is 2. The van der Waals surface area contributed by atoms with Gasteiger partial charge < -0.3 is 11.5 Å². The van der Waals surface area contributed by atoms with Crippen molar-refractivity contribution in [3.05, 3.63) is 42.5 Å². The second-order valence-electron chi connectivity index (χ2n) is 6.39. The molecule has 0 bridgehead atoms. The lowest BCUT2D eigenvalue weighted by molar-refractivity contribution is -0.395. The molecular formula is C14H15N5O4S2. The van der Waals surface area contributed by atoms with Crippen molar-refractivity contribution in [2.24, 2.45) is 16.9 Å². The molecule has 0 atom stereocenters. The number of nitriles is 1. The molecule has 0 saturated carbocycles. The van der Waals surface area contributed by atoms with Crippen molar-refractivity contribution in [2.45, 2.75) is 27.2 Å². The molecule has 0 heterocycles. The van der Waals surface area contributed by atoms with Crippen molar-refractivity contribution in [3.63, 3.8) is 0 Å². The highest BCUT2D eigenvalue weighted by Crippen LogP contribution is 2.41. The molecule has 11 heteroatoms. The molecule has 1 aromatic rings. The minimum absolute atomic E-state index is 0.0451. The molecule has 0 aliphatic heterocycles. The number of nitrogens with two attached hydrogens (primary N) is 2. The molecular weight excluding hydrogens is 366 g/mol. The average molecular weight is 381 g/mol. The van der Waals surface area contributed by atoms with Crippen molar-refractivity contribution in [3.8, 4) is 6.07 Å². The van der Waals surface area contributed by atoms with E-state index in [9.17, 15) is 25.5 Å². The maximum absolute atomic E-state index is 11.7. The highest BCUT2D eigenvalue weighted by Gasteiger charge is 2.39. The van der Waals surface area contributed by atoms with Gasteiger partial charge in [0.25, 0.3) is 11.4 Å². The third-order valence-corrected chi connectivity index (χ3v) is 3.63. The summed E-state index contributed by atoms with van der Waals surface area (Å²) in [4.78, 5) is 20.8. The molecule has 0 fully saturated rings. The molecule has 0 amide bonds. The van der Waals surface area contributed by atoms with Crippen LogP contribution in [0.2, 0.25) is 0 Å². The predicted octanol–water partition coefficient (Wildman–Crippen LogP) is 2.23. The van der Waals surface area contributed by atoms with Crippen molar-refractivity contribution in [2.75, 3.05) is 0 Å². The Balaban J connectivity index is 4.33. The zero-order valence-corrected chi connectivity index (χ0v) is 15.3. The molecule has 4 N–H and O–H groups in total. The molecule has 132 valence electrons. The normalized spacial score (nSPS) is 10.8. The van der Waals surface area contributed by atoms with Gasteiger partial charge in [-0.3, -0.25) is 20.2 Å². The number of hydrogen-bond donors (Lipinski definition) is 2. The zero-order chi connectivity index (χ0) is 19.7. The minimum atomic E-state index is -0.827. The number of benzene rings is 1. The van der Waals surface area contributed by atoms with Crippen LogP contribution in [0.1, 0.15) is 43.0 Å². The quantitative estimate of drug-likeness (QED) is 0.442. The van der Waals surface area contributed by atoms with Crippen LogP contribution in [0.4, 0.5) is 11.4 Å². The van der Waals surface area contributed by atoms with Crippen LogP contribution in [0.25, 0.3) is 0 Å². The van der Waals surface area contributed by atoms with Crippen LogP contribution in [0.3, 0.4) is 0 Å². The van der Waals surface area contributed by atoms with Crippen LogP contribution in [-0.4, -0.2) is 19.8 Å². The summed E-state index contributed by atoms with van der Waals surface area (Å²) in [5.41, 5.74) is 7.87. The van der Waals surface area contributed by atoms with Crippen molar-refractivity contribution >= 4 is 45.8 Å². The summed E-state index contributed by atoms with van der Waals surface area (Å²) in [6.45, 7) is 5.25. The van der Waals surface area contributed by atoms with Crippen LogP contribution in [0, 0.1) is 37.0 Å². The Hall–Kier alpha value is -2.71. The van der Waals surface area contributed by atoms with E-state index in [0.717, 1.165) is 0 Å². The Bertz CT molecular complexity index is 799. The van der Waals surface area contributed by atoms with E-state index >= 15 is 0 Å². The summed E-state index contributed by atoms with van der Waals surface area (Å²) in [6, 6.07) is 1.66. The fourth-order valence-electron chi connectivity index (χ4n) is 2.47. The van der Waals surface area contributed by atoms with Crippen LogP contribution < -0.4 is 11.5 Å². The van der Waals surface area contributed by atoms with Gasteiger partial charge in [0.15, 0.2) is 0 Å². The van der Waals surface area contributed by atoms with Gasteiger partial charge in [-0.05, 0) is 11.8 Å². The number of nitrogens with zero attached hydrogens (tertiary/aromatic N) is 3. The van der Waals surface area contributed by atoms with Crippen LogP contribution in [-0.2, 0) is 6.42 Å². The Morgan fingerprint density at radius 2 is 1.44 bits per heavy atom. The first-order valence-electron chi connectivity index (χ1n) is 6.84. The zero-order valence-electron chi connectivity index (χ0n) is 13.7. The van der Waals surface area contributed by atoms with E-state index in [1.165, 1.54) is 0 Å². The molecule has 0 aliphatic rings. The smallest absolute Gasteiger partial charge is 0.291 e. The molecule has 25 heavy (non-hydrogen) atoms. The van der Waals surface area contributed by atoms with Gasteiger partial charge in [-0.15, -0.1) is 0 Å². The highest BCUT2D eigenvalue weighted by molar-refractivity contribution is 7.81. The Labute approximate surface area is 153 Å². The molecule has 0 spiro atoms. The monoisotopic (exact) mass is 381 g/mol. The van der Waals surface area contributed by atoms with Crippen molar-refractivity contribution in [1.82, 2.24) is 0 Å². The van der Waals surface area contributed by atoms with Gasteiger partial charge in [-0.1, -0.05) is 45.2 Å². The van der Waals surface area contributed by atoms with Gasteiger partial charge in [0.05, 0.1) is 15.4 Å². The minimum Gasteiger partial charge on any atom is -0.389 e. The number of nitro benzene ring substituents is 2. The first kappa shape index (κ1) is 20.3. The Kier molecular flexibility index (Phi) is 5.72. The summed E-state index contributed by atoms with van der Waals surface area (Å²) in [7, 11) is 0. The van der Waals surface area contributed by atoms with Gasteiger partial charge in [0.1, 0.15) is 32.7 Å². The van der Waals surface area contributed by atoms with Gasteiger partial charge in [-0.25, -0.2) is 0 Å². The average Bonchev–Trinajstić information content (AvgIpc) is 2.42. The van der Waals surface area contributed by atoms with Crippen molar-refractivity contribution in [1.29, 1.82) is 5.26 Å². The van der Waals surface area contributed by atoms with E-state index in [1.807, 2.05) is 0 Å². The standard InChI is InChI=1S/C14H15N5O4S2/c1-14(2,3)4-6-10(18(20)21)8(12(16)24)7(5-15)9(13(17)25)11(6)19(22)23/h4H2,1-3H3,(H2,16,24)(H2,17,25). The molecule has 0 aromatic heterocycles. The second kappa shape index (κ2) is 7.04. The molecule has 0 unspecified atom stereocenters. The predicted molar refractivity (Wildman–Crippen MR) is 99.4 cm³/mol. The number of rotatable bonds is 5. The fraction of sp³-hybridized carbons (Fsp3) is 0.357. The highest BCUT2D eigenvalue weighted by atomic mass is 32.1. The Morgan fingerprint density at radius 3 is 1.64 bits per heavy atom. The molecule has 0 aliphatic carbocycles. The fourth-order valence-corrected chi connectivity index (χ4v) is 2.87. The topological polar surface area (TPSA) is 162 Å². The lowest BCUT2D eigenvalue weighted by Gasteiger charge is -2.20. The lowest BCUT2D eigenvalue weighted by atomic mass is 9.83. The lowest BCUT2D eigenvalue weighted by Crippen LogP contribution is -2.24. The molecule has 1 rings (SSSR count). The Morgan fingerprint density at radius 1 is 1.08 bits per heavy atom. The summed E-state index contributed by atoms with van der Waals surface area (Å²) < 4.78 is 0. The first-order chi connectivity index (χ1) is 11.3. The third kappa shape index (κ3) is 4.04. The summed E-state index contributed by atoms with van der Waals surface area (Å²) >= 11 is 9.69. The van der Waals surface area contributed by atoms with E-state index in [2.05, 4.69) is 0 Å².